The topological polar surface area (TPSA) is 160 Å². The van der Waals surface area contributed by atoms with Gasteiger partial charge < -0.3 is 44.1 Å². The number of benzene rings is 3. The van der Waals surface area contributed by atoms with Crippen LogP contribution < -0.4 is 25.4 Å². The zero-order chi connectivity index (χ0) is 41.3. The largest absolute Gasteiger partial charge is 0.497 e. The van der Waals surface area contributed by atoms with E-state index in [-0.39, 0.29) is 24.9 Å². The van der Waals surface area contributed by atoms with E-state index < -0.39 is 62.8 Å². The maximum absolute atomic E-state index is 13.7. The Morgan fingerprint density at radius 3 is 2.05 bits per heavy atom. The minimum Gasteiger partial charge on any atom is -0.497 e. The predicted octanol–water partition coefficient (Wildman–Crippen LogP) is 5.57. The van der Waals surface area contributed by atoms with E-state index in [9.17, 15) is 19.2 Å². The number of rotatable bonds is 22. The number of ether oxygens (including phenoxy) is 5. The molecule has 3 N–H and O–H groups in total. The number of hydrogen-bond donors (Lipinski definition) is 3. The van der Waals surface area contributed by atoms with E-state index in [1.165, 1.54) is 14.2 Å². The SMILES string of the molecule is CCOC(=O)C[C@@H](O[Si](C)(C)C(C)(C)C)[C@H](Cc1ccc(OCc2ccccc2)cc1)NC(=O)CNC(=O)[C@@H](NC(=O)c1ccc(OC)cc1)[C@@H](C)OCOC. The van der Waals surface area contributed by atoms with Crippen LogP contribution in [-0.2, 0) is 46.0 Å². The minimum atomic E-state index is -2.49. The first kappa shape index (κ1) is 45.6. The van der Waals surface area contributed by atoms with Gasteiger partial charge in [0.25, 0.3) is 5.91 Å². The van der Waals surface area contributed by atoms with Crippen LogP contribution in [0.1, 0.15) is 62.5 Å². The molecule has 0 fully saturated rings. The van der Waals surface area contributed by atoms with Crippen LogP contribution in [0, 0.1) is 0 Å². The van der Waals surface area contributed by atoms with E-state index in [1.807, 2.05) is 54.6 Å². The first-order chi connectivity index (χ1) is 26.6. The Kier molecular flexibility index (Phi) is 18.0. The van der Waals surface area contributed by atoms with Crippen LogP contribution in [0.5, 0.6) is 11.5 Å². The fourth-order valence-corrected chi connectivity index (χ4v) is 6.73. The second-order valence-corrected chi connectivity index (χ2v) is 19.7. The van der Waals surface area contributed by atoms with Crippen molar-refractivity contribution in [3.05, 3.63) is 95.6 Å². The molecule has 0 aliphatic carbocycles. The van der Waals surface area contributed by atoms with Gasteiger partial charge in [0, 0.05) is 12.7 Å². The highest BCUT2D eigenvalue weighted by molar-refractivity contribution is 6.74. The van der Waals surface area contributed by atoms with Crippen LogP contribution in [0.2, 0.25) is 18.1 Å². The van der Waals surface area contributed by atoms with Gasteiger partial charge in [-0.3, -0.25) is 19.2 Å². The van der Waals surface area contributed by atoms with Gasteiger partial charge in [-0.15, -0.1) is 0 Å². The molecule has 13 nitrogen and oxygen atoms in total. The number of carbonyl (C=O) groups excluding carboxylic acids is 4. The van der Waals surface area contributed by atoms with Gasteiger partial charge >= 0.3 is 5.97 Å². The first-order valence-corrected chi connectivity index (χ1v) is 21.7. The van der Waals surface area contributed by atoms with Crippen molar-refractivity contribution in [1.82, 2.24) is 16.0 Å². The Balaban J connectivity index is 1.83. The summed E-state index contributed by atoms with van der Waals surface area (Å²) in [6.45, 7) is 13.9. The summed E-state index contributed by atoms with van der Waals surface area (Å²) in [7, 11) is 0.475. The number of amides is 3. The highest BCUT2D eigenvalue weighted by Crippen LogP contribution is 2.38. The Labute approximate surface area is 332 Å². The van der Waals surface area contributed by atoms with Crippen molar-refractivity contribution in [2.45, 2.75) is 96.5 Å². The molecule has 3 amide bonds. The van der Waals surface area contributed by atoms with Crippen LogP contribution in [0.4, 0.5) is 0 Å². The fourth-order valence-electron chi connectivity index (χ4n) is 5.37. The van der Waals surface area contributed by atoms with Gasteiger partial charge in [0.15, 0.2) is 8.32 Å². The summed E-state index contributed by atoms with van der Waals surface area (Å²) in [6.07, 6.45) is -1.36. The normalized spacial score (nSPS) is 13.7. The van der Waals surface area contributed by atoms with Crippen molar-refractivity contribution in [3.63, 3.8) is 0 Å². The van der Waals surface area contributed by atoms with E-state index in [4.69, 9.17) is 28.1 Å². The van der Waals surface area contributed by atoms with Crippen LogP contribution in [0.25, 0.3) is 0 Å². The number of esters is 1. The van der Waals surface area contributed by atoms with Gasteiger partial charge in [0.05, 0.1) is 44.9 Å². The maximum atomic E-state index is 13.7. The summed E-state index contributed by atoms with van der Waals surface area (Å²) < 4.78 is 33.9. The Bertz CT molecular complexity index is 1680. The summed E-state index contributed by atoms with van der Waals surface area (Å²) in [4.78, 5) is 53.4. The molecule has 0 aliphatic heterocycles. The quantitative estimate of drug-likeness (QED) is 0.0667. The molecule has 0 radical (unpaired) electrons. The van der Waals surface area contributed by atoms with Gasteiger partial charge in [-0.25, -0.2) is 0 Å². The van der Waals surface area contributed by atoms with E-state index in [2.05, 4.69) is 49.8 Å². The summed E-state index contributed by atoms with van der Waals surface area (Å²) in [5.41, 5.74) is 2.21. The molecule has 0 unspecified atom stereocenters. The first-order valence-electron chi connectivity index (χ1n) is 18.8. The van der Waals surface area contributed by atoms with Gasteiger partial charge in [-0.1, -0.05) is 63.2 Å². The van der Waals surface area contributed by atoms with Crippen LogP contribution in [-0.4, -0.2) is 90.5 Å². The average Bonchev–Trinajstić information content (AvgIpc) is 3.17. The van der Waals surface area contributed by atoms with Crippen molar-refractivity contribution in [1.29, 1.82) is 0 Å². The molecular formula is C42H59N3O10Si. The Morgan fingerprint density at radius 2 is 1.46 bits per heavy atom. The lowest BCUT2D eigenvalue weighted by molar-refractivity contribution is -0.145. The molecule has 3 rings (SSSR count). The fraction of sp³-hybridized carbons (Fsp3) is 0.476. The zero-order valence-electron chi connectivity index (χ0n) is 34.1. The molecule has 4 atom stereocenters. The van der Waals surface area contributed by atoms with Crippen molar-refractivity contribution >= 4 is 32.0 Å². The predicted molar refractivity (Wildman–Crippen MR) is 216 cm³/mol. The number of carbonyl (C=O) groups is 4. The van der Waals surface area contributed by atoms with Gasteiger partial charge in [-0.05, 0) is 85.9 Å². The summed E-state index contributed by atoms with van der Waals surface area (Å²) in [5, 5.41) is 8.19. The molecule has 0 saturated heterocycles. The molecule has 0 spiro atoms. The van der Waals surface area contributed by atoms with E-state index >= 15 is 0 Å². The minimum absolute atomic E-state index is 0.0935. The highest BCUT2D eigenvalue weighted by Gasteiger charge is 2.42. The molecule has 56 heavy (non-hydrogen) atoms. The van der Waals surface area contributed by atoms with Crippen molar-refractivity contribution in [3.8, 4) is 11.5 Å². The van der Waals surface area contributed by atoms with Gasteiger partial charge in [0.1, 0.15) is 30.9 Å². The van der Waals surface area contributed by atoms with Gasteiger partial charge in [-0.2, -0.15) is 0 Å². The Hall–Kier alpha value is -4.76. The third-order valence-corrected chi connectivity index (χ3v) is 14.1. The number of hydrogen-bond acceptors (Lipinski definition) is 10. The van der Waals surface area contributed by atoms with Crippen molar-refractivity contribution in [2.75, 3.05) is 34.2 Å². The van der Waals surface area contributed by atoms with Crippen LogP contribution >= 0.6 is 0 Å². The molecule has 0 aliphatic rings. The smallest absolute Gasteiger partial charge is 0.308 e. The second-order valence-electron chi connectivity index (χ2n) is 14.9. The third kappa shape index (κ3) is 14.7. The van der Waals surface area contributed by atoms with E-state index in [0.29, 0.717) is 30.1 Å². The molecule has 14 heteroatoms. The number of methoxy groups -OCH3 is 2. The molecular weight excluding hydrogens is 735 g/mol. The van der Waals surface area contributed by atoms with E-state index in [0.717, 1.165) is 11.1 Å². The maximum Gasteiger partial charge on any atom is 0.308 e. The van der Waals surface area contributed by atoms with Crippen LogP contribution in [0.3, 0.4) is 0 Å². The molecule has 0 aromatic heterocycles. The molecule has 306 valence electrons. The highest BCUT2D eigenvalue weighted by atomic mass is 28.4. The Morgan fingerprint density at radius 1 is 0.821 bits per heavy atom. The monoisotopic (exact) mass is 793 g/mol. The zero-order valence-corrected chi connectivity index (χ0v) is 35.1. The third-order valence-electron chi connectivity index (χ3n) is 9.61. The molecule has 0 heterocycles. The lowest BCUT2D eigenvalue weighted by Gasteiger charge is -2.41. The van der Waals surface area contributed by atoms with Gasteiger partial charge in [0.2, 0.25) is 11.8 Å². The second kappa shape index (κ2) is 22.1. The lowest BCUT2D eigenvalue weighted by Crippen LogP contribution is -2.56. The summed E-state index contributed by atoms with van der Waals surface area (Å²) >= 11 is 0. The molecule has 3 aromatic carbocycles. The average molecular weight is 794 g/mol. The molecule has 3 aromatic rings. The van der Waals surface area contributed by atoms with Crippen molar-refractivity contribution < 1.29 is 47.3 Å². The summed E-state index contributed by atoms with van der Waals surface area (Å²) in [5.74, 6) is -0.890. The standard InChI is InChI=1S/C42H59N3O10Si/c1-10-52-38(47)25-36(55-56(8,9)42(3,4)5)35(24-30-16-20-34(21-17-30)53-27-31-14-12-11-13-15-31)44-37(46)26-43-41(49)39(29(2)54-28-50-6)45-40(48)32-18-22-33(51-7)23-19-32/h11-23,29,35-36,39H,10,24-28H2,1-9H3,(H,43,49)(H,44,46)(H,45,48)/t29-,35+,36-,39+/m1/s1. The van der Waals surface area contributed by atoms with E-state index in [1.54, 1.807) is 38.1 Å². The van der Waals surface area contributed by atoms with Crippen molar-refractivity contribution in [2.24, 2.45) is 0 Å². The number of nitrogens with one attached hydrogen (secondary N) is 3. The lowest BCUT2D eigenvalue weighted by atomic mass is 9.99. The molecule has 0 bridgehead atoms. The molecule has 0 saturated carbocycles. The summed E-state index contributed by atoms with van der Waals surface area (Å²) in [6, 6.07) is 21.9. The van der Waals surface area contributed by atoms with Crippen LogP contribution in [0.15, 0.2) is 78.9 Å².